The maximum absolute atomic E-state index is 12.5. The monoisotopic (exact) mass is 533 g/mol. The summed E-state index contributed by atoms with van der Waals surface area (Å²) in [5.74, 6) is -0.775. The molecule has 188 valence electrons. The number of cyclic esters (lactones) is 1. The van der Waals surface area contributed by atoms with Gasteiger partial charge in [0.2, 0.25) is 0 Å². The number of rotatable bonds is 10. The molecule has 0 saturated carbocycles. The highest BCUT2D eigenvalue weighted by molar-refractivity contribution is 6.76. The third kappa shape index (κ3) is 7.27. The van der Waals surface area contributed by atoms with E-state index in [0.717, 1.165) is 17.6 Å². The number of esters is 2. The summed E-state index contributed by atoms with van der Waals surface area (Å²) in [7, 11) is 1.50. The number of hydrogen-bond donors (Lipinski definition) is 1. The molecule has 0 atom stereocenters. The van der Waals surface area contributed by atoms with Gasteiger partial charge in [0.05, 0.1) is 25.0 Å². The predicted molar refractivity (Wildman–Crippen MR) is 133 cm³/mol. The molecule has 0 aromatic heterocycles. The van der Waals surface area contributed by atoms with Crippen molar-refractivity contribution in [2.75, 3.05) is 19.0 Å². The summed E-state index contributed by atoms with van der Waals surface area (Å²) >= 11 is 17.2. The number of ether oxygens (including phenoxy) is 3. The molecule has 34 heavy (non-hydrogen) atoms. The van der Waals surface area contributed by atoms with E-state index in [1.54, 1.807) is 0 Å². The van der Waals surface area contributed by atoms with Crippen LogP contribution in [0.25, 0.3) is 0 Å². The first-order valence-electron chi connectivity index (χ1n) is 11.0. The Bertz CT molecular complexity index is 982. The van der Waals surface area contributed by atoms with Crippen LogP contribution in [0.3, 0.4) is 0 Å². The van der Waals surface area contributed by atoms with E-state index >= 15 is 0 Å². The molecule has 1 amide bonds. The fourth-order valence-electron chi connectivity index (χ4n) is 3.53. The number of fused-ring (bicyclic) bond motifs is 1. The fourth-order valence-corrected chi connectivity index (χ4v) is 3.68. The first-order valence-corrected chi connectivity index (χ1v) is 12.1. The number of carbonyl (C=O) groups excluding carboxylic acids is 3. The molecule has 1 heterocycles. The van der Waals surface area contributed by atoms with Gasteiger partial charge < -0.3 is 19.5 Å². The molecule has 1 aromatic carbocycles. The smallest absolute Gasteiger partial charge is 0.341 e. The van der Waals surface area contributed by atoms with Crippen LogP contribution in [0.5, 0.6) is 5.75 Å². The Morgan fingerprint density at radius 3 is 2.50 bits per heavy atom. The van der Waals surface area contributed by atoms with Crippen LogP contribution in [0.2, 0.25) is 0 Å². The van der Waals surface area contributed by atoms with E-state index in [2.05, 4.69) is 19.2 Å². The van der Waals surface area contributed by atoms with Crippen LogP contribution >= 0.6 is 34.8 Å². The van der Waals surface area contributed by atoms with E-state index in [-0.39, 0.29) is 30.2 Å². The molecule has 10 heteroatoms. The summed E-state index contributed by atoms with van der Waals surface area (Å²) in [4.78, 5) is 36.9. The van der Waals surface area contributed by atoms with Crippen molar-refractivity contribution in [2.24, 2.45) is 5.92 Å². The third-order valence-electron chi connectivity index (χ3n) is 5.51. The predicted octanol–water partition coefficient (Wildman–Crippen LogP) is 5.84. The van der Waals surface area contributed by atoms with Gasteiger partial charge in [-0.15, -0.1) is 0 Å². The number of methoxy groups -OCH3 is 1. The second-order valence-corrected chi connectivity index (χ2v) is 10.8. The minimum absolute atomic E-state index is 0.0566. The van der Waals surface area contributed by atoms with Gasteiger partial charge in [-0.05, 0) is 44.6 Å². The number of carbonyl (C=O) groups is 3. The lowest BCUT2D eigenvalue weighted by Gasteiger charge is -2.21. The maximum Gasteiger partial charge on any atom is 0.341 e. The first kappa shape index (κ1) is 28.3. The van der Waals surface area contributed by atoms with E-state index in [0.29, 0.717) is 42.2 Å². The van der Waals surface area contributed by atoms with Crippen molar-refractivity contribution < 1.29 is 28.6 Å². The second-order valence-electron chi connectivity index (χ2n) is 8.55. The van der Waals surface area contributed by atoms with Gasteiger partial charge in [0.25, 0.3) is 9.70 Å². The second kappa shape index (κ2) is 12.1. The largest absolute Gasteiger partial charge is 0.496 e. The SMILES string of the molecule is COc1c(C)c2c(c(NC(=O)C(Cl)(Cl)Cl)c1CC=C(C)CCC(=O)OCCC(C)C)C(=O)OC2. The molecule has 0 bridgehead atoms. The lowest BCUT2D eigenvalue weighted by atomic mass is 9.93. The van der Waals surface area contributed by atoms with Crippen molar-refractivity contribution in [3.8, 4) is 5.75 Å². The Hall–Kier alpha value is -1.96. The molecule has 2 rings (SSSR count). The number of allylic oxidation sites excluding steroid dienone is 2. The van der Waals surface area contributed by atoms with Crippen LogP contribution in [0.4, 0.5) is 5.69 Å². The van der Waals surface area contributed by atoms with Crippen LogP contribution in [0, 0.1) is 12.8 Å². The highest BCUT2D eigenvalue weighted by Gasteiger charge is 2.36. The number of alkyl halides is 3. The quantitative estimate of drug-likeness (QED) is 0.230. The van der Waals surface area contributed by atoms with E-state index < -0.39 is 15.7 Å². The number of anilines is 1. The minimum Gasteiger partial charge on any atom is -0.496 e. The zero-order chi connectivity index (χ0) is 25.6. The highest BCUT2D eigenvalue weighted by atomic mass is 35.6. The molecule has 0 spiro atoms. The summed E-state index contributed by atoms with van der Waals surface area (Å²) in [5, 5.41) is 2.57. The van der Waals surface area contributed by atoms with Crippen LogP contribution in [-0.4, -0.2) is 35.4 Å². The third-order valence-corrected chi connectivity index (χ3v) is 6.02. The van der Waals surface area contributed by atoms with Crippen LogP contribution in [-0.2, 0) is 32.1 Å². The summed E-state index contributed by atoms with van der Waals surface area (Å²) in [5.41, 5.74) is 3.21. The van der Waals surface area contributed by atoms with Gasteiger partial charge in [0, 0.05) is 17.5 Å². The van der Waals surface area contributed by atoms with Crippen molar-refractivity contribution in [1.29, 1.82) is 0 Å². The molecule has 1 aliphatic heterocycles. The Kier molecular flexibility index (Phi) is 10.1. The Morgan fingerprint density at radius 1 is 1.24 bits per heavy atom. The van der Waals surface area contributed by atoms with Crippen molar-refractivity contribution in [3.63, 3.8) is 0 Å². The zero-order valence-electron chi connectivity index (χ0n) is 20.0. The molecule has 0 fully saturated rings. The molecule has 0 saturated heterocycles. The van der Waals surface area contributed by atoms with Crippen molar-refractivity contribution >= 4 is 58.3 Å². The summed E-state index contributed by atoms with van der Waals surface area (Å²) in [6.07, 6.45) is 3.78. The van der Waals surface area contributed by atoms with E-state index in [9.17, 15) is 14.4 Å². The van der Waals surface area contributed by atoms with Gasteiger partial charge in [-0.3, -0.25) is 9.59 Å². The Balaban J connectivity index is 2.30. The zero-order valence-corrected chi connectivity index (χ0v) is 22.2. The number of hydrogen-bond acceptors (Lipinski definition) is 6. The average molecular weight is 535 g/mol. The topological polar surface area (TPSA) is 90.9 Å². The molecule has 1 aliphatic rings. The summed E-state index contributed by atoms with van der Waals surface area (Å²) in [6.45, 7) is 8.31. The van der Waals surface area contributed by atoms with Gasteiger partial charge in [0.15, 0.2) is 0 Å². The van der Waals surface area contributed by atoms with Gasteiger partial charge in [-0.1, -0.05) is 60.3 Å². The van der Waals surface area contributed by atoms with E-state index in [4.69, 9.17) is 49.0 Å². The van der Waals surface area contributed by atoms with Gasteiger partial charge in [0.1, 0.15) is 12.4 Å². The van der Waals surface area contributed by atoms with E-state index in [1.807, 2.05) is 19.9 Å². The molecule has 0 radical (unpaired) electrons. The lowest BCUT2D eigenvalue weighted by Crippen LogP contribution is -2.28. The van der Waals surface area contributed by atoms with Gasteiger partial charge in [-0.2, -0.15) is 0 Å². The fraction of sp³-hybridized carbons (Fsp3) is 0.542. The molecule has 1 N–H and O–H groups in total. The van der Waals surface area contributed by atoms with Crippen molar-refractivity contribution in [3.05, 3.63) is 33.9 Å². The maximum atomic E-state index is 12.5. The van der Waals surface area contributed by atoms with Crippen molar-refractivity contribution in [1.82, 2.24) is 0 Å². The number of nitrogens with one attached hydrogen (secondary N) is 1. The van der Waals surface area contributed by atoms with Crippen LogP contribution < -0.4 is 10.1 Å². The van der Waals surface area contributed by atoms with Gasteiger partial charge in [-0.25, -0.2) is 4.79 Å². The Labute approximate surface area is 215 Å². The van der Waals surface area contributed by atoms with Gasteiger partial charge >= 0.3 is 11.9 Å². The first-order chi connectivity index (χ1) is 15.9. The standard InChI is InChI=1S/C24H30Cl3NO6/c1-13(2)10-11-33-18(29)9-7-14(3)6-8-16-20(28-23(31)24(25,26)27)19-17(12-34-22(19)30)15(4)21(16)32-5/h6,13H,7-12H2,1-5H3,(H,28,31). The average Bonchev–Trinajstić information content (AvgIpc) is 3.13. The lowest BCUT2D eigenvalue weighted by molar-refractivity contribution is -0.143. The molecule has 0 aliphatic carbocycles. The normalized spacial score (nSPS) is 13.6. The van der Waals surface area contributed by atoms with E-state index in [1.165, 1.54) is 7.11 Å². The van der Waals surface area contributed by atoms with Crippen LogP contribution in [0.1, 0.15) is 67.1 Å². The molecule has 7 nitrogen and oxygen atoms in total. The summed E-state index contributed by atoms with van der Waals surface area (Å²) in [6, 6.07) is 0. The molecule has 1 aromatic rings. The highest BCUT2D eigenvalue weighted by Crippen LogP contribution is 2.42. The number of amides is 1. The molecule has 0 unspecified atom stereocenters. The summed E-state index contributed by atoms with van der Waals surface area (Å²) < 4.78 is 13.8. The molecular formula is C24H30Cl3NO6. The van der Waals surface area contributed by atoms with Crippen molar-refractivity contribution in [2.45, 2.75) is 63.8 Å². The van der Waals surface area contributed by atoms with Crippen LogP contribution in [0.15, 0.2) is 11.6 Å². The molecular weight excluding hydrogens is 505 g/mol. The number of benzene rings is 1. The Morgan fingerprint density at radius 2 is 1.91 bits per heavy atom. The number of halogens is 3. The minimum atomic E-state index is -2.23.